The minimum atomic E-state index is -0.950. The predicted octanol–water partition coefficient (Wildman–Crippen LogP) is 3.03. The molecule has 0 aliphatic rings. The van der Waals surface area contributed by atoms with Crippen LogP contribution in [0, 0.1) is 13.8 Å². The van der Waals surface area contributed by atoms with Crippen molar-refractivity contribution >= 4 is 11.8 Å². The van der Waals surface area contributed by atoms with Crippen LogP contribution in [0.4, 0.5) is 5.82 Å². The molecule has 0 aliphatic heterocycles. The second kappa shape index (κ2) is 5.74. The lowest BCUT2D eigenvalue weighted by molar-refractivity contribution is 0.0696. The summed E-state index contributed by atoms with van der Waals surface area (Å²) >= 11 is 0. The smallest absolute Gasteiger partial charge is 0.337 e. The summed E-state index contributed by atoms with van der Waals surface area (Å²) in [7, 11) is 1.96. The number of benzene rings is 1. The van der Waals surface area contributed by atoms with Gasteiger partial charge in [-0.1, -0.05) is 24.3 Å². The van der Waals surface area contributed by atoms with E-state index in [9.17, 15) is 4.79 Å². The summed E-state index contributed by atoms with van der Waals surface area (Å²) in [6, 6.07) is 9.86. The molecule has 4 nitrogen and oxygen atoms in total. The van der Waals surface area contributed by atoms with Gasteiger partial charge < -0.3 is 10.0 Å². The molecule has 2 aromatic rings. The number of hydrogen-bond acceptors (Lipinski definition) is 3. The number of nitrogens with zero attached hydrogens (tertiary/aromatic N) is 2. The van der Waals surface area contributed by atoms with Crippen molar-refractivity contribution in [3.63, 3.8) is 0 Å². The maximum absolute atomic E-state index is 10.9. The molecule has 1 aromatic carbocycles. The number of carbonyl (C=O) groups is 1. The van der Waals surface area contributed by atoms with E-state index in [1.54, 1.807) is 6.07 Å². The topological polar surface area (TPSA) is 53.4 Å². The van der Waals surface area contributed by atoms with E-state index in [-0.39, 0.29) is 5.56 Å². The SMILES string of the molecule is Cc1ccccc1CN(C)c1ncc(C(=O)O)cc1C. The molecule has 1 heterocycles. The van der Waals surface area contributed by atoms with E-state index in [1.165, 1.54) is 17.3 Å². The van der Waals surface area contributed by atoms with Gasteiger partial charge in [0.1, 0.15) is 5.82 Å². The van der Waals surface area contributed by atoms with Gasteiger partial charge in [0.2, 0.25) is 0 Å². The molecule has 0 spiro atoms. The summed E-state index contributed by atoms with van der Waals surface area (Å²) < 4.78 is 0. The first-order valence-corrected chi connectivity index (χ1v) is 6.44. The molecular formula is C16H18N2O2. The van der Waals surface area contributed by atoms with Crippen LogP contribution in [0.2, 0.25) is 0 Å². The highest BCUT2D eigenvalue weighted by Gasteiger charge is 2.11. The first-order valence-electron chi connectivity index (χ1n) is 6.44. The van der Waals surface area contributed by atoms with E-state index in [4.69, 9.17) is 5.11 Å². The van der Waals surface area contributed by atoms with Crippen LogP contribution in [-0.4, -0.2) is 23.1 Å². The van der Waals surface area contributed by atoms with Crippen molar-refractivity contribution in [2.24, 2.45) is 0 Å². The van der Waals surface area contributed by atoms with Crippen LogP contribution in [0.1, 0.15) is 27.0 Å². The number of carboxylic acid groups (broad SMARTS) is 1. The second-order valence-corrected chi connectivity index (χ2v) is 4.95. The molecule has 0 unspecified atom stereocenters. The molecule has 0 radical (unpaired) electrons. The largest absolute Gasteiger partial charge is 0.478 e. The molecule has 1 aromatic heterocycles. The number of aromatic nitrogens is 1. The van der Waals surface area contributed by atoms with Gasteiger partial charge in [-0.25, -0.2) is 9.78 Å². The molecule has 20 heavy (non-hydrogen) atoms. The van der Waals surface area contributed by atoms with Crippen LogP contribution >= 0.6 is 0 Å². The normalized spacial score (nSPS) is 10.3. The van der Waals surface area contributed by atoms with Gasteiger partial charge >= 0.3 is 5.97 Å². The minimum Gasteiger partial charge on any atom is -0.478 e. The third kappa shape index (κ3) is 2.96. The Labute approximate surface area is 118 Å². The third-order valence-electron chi connectivity index (χ3n) is 3.33. The van der Waals surface area contributed by atoms with Gasteiger partial charge in [-0.15, -0.1) is 0 Å². The zero-order chi connectivity index (χ0) is 14.7. The van der Waals surface area contributed by atoms with Gasteiger partial charge in [-0.2, -0.15) is 0 Å². The van der Waals surface area contributed by atoms with Crippen LogP contribution in [0.3, 0.4) is 0 Å². The van der Waals surface area contributed by atoms with E-state index in [2.05, 4.69) is 24.0 Å². The van der Waals surface area contributed by atoms with Crippen molar-refractivity contribution < 1.29 is 9.90 Å². The van der Waals surface area contributed by atoms with Gasteiger partial charge in [0, 0.05) is 19.8 Å². The number of rotatable bonds is 4. The van der Waals surface area contributed by atoms with Crippen molar-refractivity contribution in [3.8, 4) is 0 Å². The summed E-state index contributed by atoms with van der Waals surface area (Å²) in [6.07, 6.45) is 1.40. The van der Waals surface area contributed by atoms with E-state index in [0.29, 0.717) is 0 Å². The molecule has 0 bridgehead atoms. The zero-order valence-electron chi connectivity index (χ0n) is 11.9. The van der Waals surface area contributed by atoms with Gasteiger partial charge in [-0.05, 0) is 36.6 Å². The molecular weight excluding hydrogens is 252 g/mol. The Morgan fingerprint density at radius 2 is 1.95 bits per heavy atom. The fraction of sp³-hybridized carbons (Fsp3) is 0.250. The van der Waals surface area contributed by atoms with E-state index >= 15 is 0 Å². The Bertz CT molecular complexity index is 638. The van der Waals surface area contributed by atoms with Gasteiger partial charge in [0.25, 0.3) is 0 Å². The van der Waals surface area contributed by atoms with Crippen molar-refractivity contribution in [3.05, 3.63) is 58.8 Å². The van der Waals surface area contributed by atoms with E-state index in [1.807, 2.05) is 31.0 Å². The molecule has 1 N–H and O–H groups in total. The highest BCUT2D eigenvalue weighted by atomic mass is 16.4. The molecule has 4 heteroatoms. The van der Waals surface area contributed by atoms with Crippen LogP contribution in [0.25, 0.3) is 0 Å². The van der Waals surface area contributed by atoms with Gasteiger partial charge in [0.15, 0.2) is 0 Å². The van der Waals surface area contributed by atoms with Crippen LogP contribution in [-0.2, 0) is 6.54 Å². The van der Waals surface area contributed by atoms with E-state index in [0.717, 1.165) is 17.9 Å². The highest BCUT2D eigenvalue weighted by molar-refractivity contribution is 5.87. The Hall–Kier alpha value is -2.36. The molecule has 2 rings (SSSR count). The lowest BCUT2D eigenvalue weighted by Gasteiger charge is -2.21. The molecule has 0 amide bonds. The number of pyridine rings is 1. The Morgan fingerprint density at radius 3 is 2.55 bits per heavy atom. The standard InChI is InChI=1S/C16H18N2O2/c1-11-6-4-5-7-13(11)10-18(3)15-12(2)8-14(9-17-15)16(19)20/h4-9H,10H2,1-3H3,(H,19,20). The Balaban J connectivity index is 2.23. The molecule has 0 atom stereocenters. The zero-order valence-corrected chi connectivity index (χ0v) is 11.9. The third-order valence-corrected chi connectivity index (χ3v) is 3.33. The molecule has 0 saturated carbocycles. The van der Waals surface area contributed by atoms with Crippen LogP contribution in [0.15, 0.2) is 36.5 Å². The maximum Gasteiger partial charge on any atom is 0.337 e. The first kappa shape index (κ1) is 14.1. The molecule has 0 fully saturated rings. The molecule has 104 valence electrons. The van der Waals surface area contributed by atoms with E-state index < -0.39 is 5.97 Å². The van der Waals surface area contributed by atoms with Crippen molar-refractivity contribution in [1.82, 2.24) is 4.98 Å². The number of anilines is 1. The Morgan fingerprint density at radius 1 is 1.25 bits per heavy atom. The fourth-order valence-corrected chi connectivity index (χ4v) is 2.20. The van der Waals surface area contributed by atoms with Gasteiger partial charge in [0.05, 0.1) is 5.56 Å². The van der Waals surface area contributed by atoms with Gasteiger partial charge in [-0.3, -0.25) is 0 Å². The monoisotopic (exact) mass is 270 g/mol. The number of aromatic carboxylic acids is 1. The summed E-state index contributed by atoms with van der Waals surface area (Å²) in [5, 5.41) is 8.96. The quantitative estimate of drug-likeness (QED) is 0.927. The lowest BCUT2D eigenvalue weighted by Crippen LogP contribution is -2.19. The number of aryl methyl sites for hydroxylation is 2. The Kier molecular flexibility index (Phi) is 4.03. The van der Waals surface area contributed by atoms with Crippen LogP contribution < -0.4 is 4.90 Å². The lowest BCUT2D eigenvalue weighted by atomic mass is 10.1. The van der Waals surface area contributed by atoms with Crippen molar-refractivity contribution in [2.75, 3.05) is 11.9 Å². The van der Waals surface area contributed by atoms with Crippen molar-refractivity contribution in [1.29, 1.82) is 0 Å². The summed E-state index contributed by atoms with van der Waals surface area (Å²) in [6.45, 7) is 4.70. The molecule has 0 saturated heterocycles. The second-order valence-electron chi connectivity index (χ2n) is 4.95. The minimum absolute atomic E-state index is 0.218. The fourth-order valence-electron chi connectivity index (χ4n) is 2.20. The number of carboxylic acids is 1. The number of hydrogen-bond donors (Lipinski definition) is 1. The maximum atomic E-state index is 10.9. The highest BCUT2D eigenvalue weighted by Crippen LogP contribution is 2.20. The summed E-state index contributed by atoms with van der Waals surface area (Å²) in [4.78, 5) is 17.2. The van der Waals surface area contributed by atoms with Crippen LogP contribution in [0.5, 0.6) is 0 Å². The predicted molar refractivity (Wildman–Crippen MR) is 79.2 cm³/mol. The van der Waals surface area contributed by atoms with Crippen molar-refractivity contribution in [2.45, 2.75) is 20.4 Å². The average molecular weight is 270 g/mol. The molecule has 0 aliphatic carbocycles. The first-order chi connectivity index (χ1) is 9.49. The summed E-state index contributed by atoms with van der Waals surface area (Å²) in [5.41, 5.74) is 3.55. The summed E-state index contributed by atoms with van der Waals surface area (Å²) in [5.74, 6) is -0.146. The average Bonchev–Trinajstić information content (AvgIpc) is 2.41.